The van der Waals surface area contributed by atoms with Crippen molar-refractivity contribution in [3.05, 3.63) is 58.1 Å². The van der Waals surface area contributed by atoms with Crippen LogP contribution in [0.15, 0.2) is 47.6 Å². The molecule has 0 radical (unpaired) electrons. The highest BCUT2D eigenvalue weighted by Gasteiger charge is 2.08. The van der Waals surface area contributed by atoms with Crippen molar-refractivity contribution in [1.29, 1.82) is 0 Å². The van der Waals surface area contributed by atoms with E-state index in [9.17, 15) is 0 Å². The number of para-hydroxylation sites is 2. The van der Waals surface area contributed by atoms with Crippen molar-refractivity contribution in [2.45, 2.75) is 11.7 Å². The van der Waals surface area contributed by atoms with Crippen LogP contribution in [0.4, 0.5) is 0 Å². The molecule has 3 aromatic rings. The number of hydrogen-bond donors (Lipinski definition) is 1. The molecule has 5 heteroatoms. The summed E-state index contributed by atoms with van der Waals surface area (Å²) in [6.07, 6.45) is 0. The number of fused-ring (bicyclic) bond motifs is 1. The maximum atomic E-state index is 6.04. The minimum Gasteiger partial charge on any atom is -0.315 e. The molecule has 0 amide bonds. The van der Waals surface area contributed by atoms with Crippen LogP contribution in [-0.2, 0) is 6.54 Å². The van der Waals surface area contributed by atoms with Gasteiger partial charge in [0.15, 0.2) is 5.16 Å². The molecule has 3 rings (SSSR count). The van der Waals surface area contributed by atoms with E-state index in [1.165, 1.54) is 0 Å². The fourth-order valence-electron chi connectivity index (χ4n) is 2.04. The Morgan fingerprint density at radius 1 is 1.05 bits per heavy atom. The Labute approximate surface area is 126 Å². The van der Waals surface area contributed by atoms with E-state index in [0.717, 1.165) is 16.6 Å². The zero-order valence-corrected chi connectivity index (χ0v) is 12.3. The number of imidazole rings is 1. The Balaban J connectivity index is 2.05. The first kappa shape index (κ1) is 12.9. The molecule has 0 aliphatic heterocycles. The summed E-state index contributed by atoms with van der Waals surface area (Å²) in [5.41, 5.74) is 3.05. The lowest BCUT2D eigenvalue weighted by atomic mass is 10.2. The molecular weight excluding hydrogens is 299 g/mol. The van der Waals surface area contributed by atoms with Crippen LogP contribution in [0.25, 0.3) is 11.0 Å². The summed E-state index contributed by atoms with van der Waals surface area (Å²) in [6, 6.07) is 13.6. The van der Waals surface area contributed by atoms with E-state index < -0.39 is 0 Å². The summed E-state index contributed by atoms with van der Waals surface area (Å²) in [5.74, 6) is 0. The number of nitrogens with zero attached hydrogens (tertiary/aromatic N) is 2. The maximum Gasteiger partial charge on any atom is 0.166 e. The van der Waals surface area contributed by atoms with Crippen LogP contribution < -0.4 is 0 Å². The smallest absolute Gasteiger partial charge is 0.166 e. The second-order valence-corrected chi connectivity index (χ2v) is 5.45. The molecule has 0 atom stereocenters. The van der Waals surface area contributed by atoms with E-state index in [1.807, 2.05) is 41.0 Å². The van der Waals surface area contributed by atoms with Gasteiger partial charge in [0.05, 0.1) is 27.6 Å². The number of halogens is 2. The Hall–Kier alpha value is -1.16. The molecule has 0 saturated carbocycles. The molecule has 0 bridgehead atoms. The molecule has 0 unspecified atom stereocenters. The average Bonchev–Trinajstić information content (AvgIpc) is 2.71. The lowest BCUT2D eigenvalue weighted by Gasteiger charge is -2.07. The van der Waals surface area contributed by atoms with Crippen molar-refractivity contribution >= 4 is 46.9 Å². The number of hydrogen-bond acceptors (Lipinski definition) is 2. The molecule has 19 heavy (non-hydrogen) atoms. The molecular formula is C14H10Cl2N2S. The Morgan fingerprint density at radius 3 is 2.63 bits per heavy atom. The van der Waals surface area contributed by atoms with E-state index in [0.29, 0.717) is 21.7 Å². The molecule has 0 spiro atoms. The first-order valence-corrected chi connectivity index (χ1v) is 6.93. The predicted molar refractivity (Wildman–Crippen MR) is 82.5 cm³/mol. The average molecular weight is 309 g/mol. The van der Waals surface area contributed by atoms with Gasteiger partial charge in [-0.1, -0.05) is 41.4 Å². The minimum atomic E-state index is 0.560. The summed E-state index contributed by atoms with van der Waals surface area (Å²) in [6.45, 7) is 0.663. The SMILES string of the molecule is Sc1nc2ccccc2n1Cc1ccc(Cl)c(Cl)c1. The topological polar surface area (TPSA) is 17.8 Å². The third-order valence-corrected chi connectivity index (χ3v) is 4.04. The van der Waals surface area contributed by atoms with Crippen LogP contribution in [0, 0.1) is 0 Å². The first-order chi connectivity index (χ1) is 9.15. The van der Waals surface area contributed by atoms with Crippen molar-refractivity contribution in [3.63, 3.8) is 0 Å². The molecule has 2 nitrogen and oxygen atoms in total. The van der Waals surface area contributed by atoms with Gasteiger partial charge in [-0.25, -0.2) is 4.98 Å². The molecule has 2 aromatic carbocycles. The van der Waals surface area contributed by atoms with Gasteiger partial charge in [0.25, 0.3) is 0 Å². The summed E-state index contributed by atoms with van der Waals surface area (Å²) in [7, 11) is 0. The Bertz CT molecular complexity index is 752. The van der Waals surface area contributed by atoms with Crippen molar-refractivity contribution in [2.24, 2.45) is 0 Å². The second-order valence-electron chi connectivity index (χ2n) is 4.24. The monoisotopic (exact) mass is 308 g/mol. The van der Waals surface area contributed by atoms with E-state index in [1.54, 1.807) is 6.07 Å². The zero-order chi connectivity index (χ0) is 13.4. The quantitative estimate of drug-likeness (QED) is 0.681. The van der Waals surface area contributed by atoms with E-state index in [-0.39, 0.29) is 0 Å². The normalized spacial score (nSPS) is 11.1. The van der Waals surface area contributed by atoms with Gasteiger partial charge < -0.3 is 4.57 Å². The van der Waals surface area contributed by atoms with E-state index >= 15 is 0 Å². The van der Waals surface area contributed by atoms with Crippen LogP contribution >= 0.6 is 35.8 Å². The van der Waals surface area contributed by atoms with Crippen molar-refractivity contribution in [3.8, 4) is 0 Å². The van der Waals surface area contributed by atoms with Crippen molar-refractivity contribution < 1.29 is 0 Å². The predicted octanol–water partition coefficient (Wildman–Crippen LogP) is 4.68. The summed E-state index contributed by atoms with van der Waals surface area (Å²) < 4.78 is 2.04. The van der Waals surface area contributed by atoms with Gasteiger partial charge in [0.2, 0.25) is 0 Å². The molecule has 0 saturated heterocycles. The van der Waals surface area contributed by atoms with E-state index in [2.05, 4.69) is 17.6 Å². The minimum absolute atomic E-state index is 0.560. The van der Waals surface area contributed by atoms with E-state index in [4.69, 9.17) is 23.2 Å². The van der Waals surface area contributed by atoms with Crippen LogP contribution in [0.2, 0.25) is 10.0 Å². The first-order valence-electron chi connectivity index (χ1n) is 5.73. The Morgan fingerprint density at radius 2 is 1.84 bits per heavy atom. The van der Waals surface area contributed by atoms with Crippen LogP contribution in [-0.4, -0.2) is 9.55 Å². The maximum absolute atomic E-state index is 6.04. The van der Waals surface area contributed by atoms with Gasteiger partial charge in [-0.2, -0.15) is 0 Å². The van der Waals surface area contributed by atoms with Crippen LogP contribution in [0.5, 0.6) is 0 Å². The van der Waals surface area contributed by atoms with Gasteiger partial charge in [-0.15, -0.1) is 12.6 Å². The highest BCUT2D eigenvalue weighted by atomic mass is 35.5. The largest absolute Gasteiger partial charge is 0.315 e. The van der Waals surface area contributed by atoms with Crippen LogP contribution in [0.1, 0.15) is 5.56 Å². The number of benzene rings is 2. The zero-order valence-electron chi connectivity index (χ0n) is 9.85. The summed E-state index contributed by atoms with van der Waals surface area (Å²) >= 11 is 16.4. The standard InChI is InChI=1S/C14H10Cl2N2S/c15-10-6-5-9(7-11(10)16)8-18-13-4-2-1-3-12(13)17-14(18)19/h1-7H,8H2,(H,17,19). The number of rotatable bonds is 2. The van der Waals surface area contributed by atoms with Crippen molar-refractivity contribution in [2.75, 3.05) is 0 Å². The molecule has 1 heterocycles. The summed E-state index contributed by atoms with van der Waals surface area (Å²) in [4.78, 5) is 4.42. The fraction of sp³-hybridized carbons (Fsp3) is 0.0714. The third kappa shape index (κ3) is 2.46. The number of thiol groups is 1. The molecule has 1 aromatic heterocycles. The van der Waals surface area contributed by atoms with Crippen LogP contribution in [0.3, 0.4) is 0 Å². The Kier molecular flexibility index (Phi) is 3.44. The van der Waals surface area contributed by atoms with Gasteiger partial charge in [-0.05, 0) is 29.8 Å². The molecule has 0 aliphatic rings. The van der Waals surface area contributed by atoms with Gasteiger partial charge in [0.1, 0.15) is 0 Å². The van der Waals surface area contributed by atoms with Gasteiger partial charge in [0, 0.05) is 0 Å². The molecule has 0 aliphatic carbocycles. The van der Waals surface area contributed by atoms with Gasteiger partial charge in [-0.3, -0.25) is 0 Å². The second kappa shape index (κ2) is 5.08. The highest BCUT2D eigenvalue weighted by Crippen LogP contribution is 2.25. The molecule has 0 fully saturated rings. The van der Waals surface area contributed by atoms with Gasteiger partial charge >= 0.3 is 0 Å². The fourth-order valence-corrected chi connectivity index (χ4v) is 2.65. The molecule has 0 N–H and O–H groups in total. The lowest BCUT2D eigenvalue weighted by molar-refractivity contribution is 0.734. The highest BCUT2D eigenvalue weighted by molar-refractivity contribution is 7.80. The van der Waals surface area contributed by atoms with Crippen molar-refractivity contribution in [1.82, 2.24) is 9.55 Å². The lowest BCUT2D eigenvalue weighted by Crippen LogP contribution is -2.00. The molecule has 96 valence electrons. The summed E-state index contributed by atoms with van der Waals surface area (Å²) in [5, 5.41) is 1.81. The number of aromatic nitrogens is 2. The third-order valence-electron chi connectivity index (χ3n) is 2.96.